The van der Waals surface area contributed by atoms with Gasteiger partial charge in [-0.3, -0.25) is 4.79 Å². The van der Waals surface area contributed by atoms with Crippen molar-refractivity contribution in [3.63, 3.8) is 0 Å². The van der Waals surface area contributed by atoms with Crippen LogP contribution in [0.2, 0.25) is 0 Å². The number of nitrogens with one attached hydrogen (secondary N) is 2. The molecule has 0 saturated heterocycles. The lowest BCUT2D eigenvalue weighted by Crippen LogP contribution is -2.92. The number of carbonyl (C=O) groups is 1. The van der Waals surface area contributed by atoms with E-state index in [0.29, 0.717) is 0 Å². The molecule has 0 spiro atoms. The van der Waals surface area contributed by atoms with Gasteiger partial charge in [0.15, 0.2) is 6.04 Å². The Morgan fingerprint density at radius 2 is 1.84 bits per heavy atom. The van der Waals surface area contributed by atoms with Crippen LogP contribution in [0.25, 0.3) is 10.9 Å². The maximum absolute atomic E-state index is 12.8. The molecule has 1 amide bonds. The minimum atomic E-state index is -0.221. The molecule has 1 aromatic heterocycles. The fraction of sp³-hybridized carbons (Fsp3) is 0.222. The number of para-hydroxylation sites is 1. The van der Waals surface area contributed by atoms with E-state index in [2.05, 4.69) is 52.1 Å². The Bertz CT molecular complexity index is 1200. The first-order valence-corrected chi connectivity index (χ1v) is 11.0. The second-order valence-electron chi connectivity index (χ2n) is 8.23. The number of quaternary nitrogens is 1. The Labute approximate surface area is 188 Å². The fourth-order valence-electron chi connectivity index (χ4n) is 4.09. The van der Waals surface area contributed by atoms with Crippen molar-refractivity contribution in [2.24, 2.45) is 0 Å². The van der Waals surface area contributed by atoms with E-state index in [9.17, 15) is 4.79 Å². The summed E-state index contributed by atoms with van der Waals surface area (Å²) in [5, 5.41) is 6.35. The zero-order valence-electron chi connectivity index (χ0n) is 18.8. The van der Waals surface area contributed by atoms with Gasteiger partial charge in [0.1, 0.15) is 5.75 Å². The lowest BCUT2D eigenvalue weighted by Gasteiger charge is -2.19. The van der Waals surface area contributed by atoms with E-state index in [1.54, 1.807) is 7.11 Å². The molecule has 0 aliphatic carbocycles. The predicted molar refractivity (Wildman–Crippen MR) is 129 cm³/mol. The summed E-state index contributed by atoms with van der Waals surface area (Å²) in [4.78, 5) is 16.2. The van der Waals surface area contributed by atoms with Crippen LogP contribution in [0, 0.1) is 6.92 Å². The van der Waals surface area contributed by atoms with Crippen LogP contribution >= 0.6 is 0 Å². The number of aromatic nitrogens is 1. The van der Waals surface area contributed by atoms with Crippen molar-refractivity contribution in [3.05, 3.63) is 95.7 Å². The number of aromatic amines is 1. The molecule has 2 atom stereocenters. The van der Waals surface area contributed by atoms with E-state index < -0.39 is 0 Å². The Kier molecular flexibility index (Phi) is 6.57. The Morgan fingerprint density at radius 1 is 1.06 bits per heavy atom. The Hall–Kier alpha value is -3.57. The Balaban J connectivity index is 1.54. The largest absolute Gasteiger partial charge is 0.497 e. The number of carbonyl (C=O) groups excluding carboxylic acids is 1. The van der Waals surface area contributed by atoms with Crippen molar-refractivity contribution < 1.29 is 14.8 Å². The first kappa shape index (κ1) is 21.7. The SMILES string of the molecule is COc1ccc([C@@H](C[NH2+][C@H](C)C(=O)Nc2cccc(C)c2)c2c[nH]c3ccccc23)cc1. The second-order valence-corrected chi connectivity index (χ2v) is 8.23. The standard InChI is InChI=1S/C27H29N3O2/c1-18-7-6-8-21(15-18)30-27(31)19(2)28-16-24(20-11-13-22(32-3)14-12-20)25-17-29-26-10-5-4-9-23(25)26/h4-15,17,19,24,28-29H,16H2,1-3H3,(H,30,31)/p+1/t19-,24-/m1/s1. The minimum absolute atomic E-state index is 0.00278. The number of ether oxygens (including phenoxy) is 1. The monoisotopic (exact) mass is 428 g/mol. The molecule has 4 rings (SSSR count). The number of H-pyrrole nitrogens is 1. The molecule has 5 nitrogen and oxygen atoms in total. The van der Waals surface area contributed by atoms with Gasteiger partial charge in [-0.15, -0.1) is 0 Å². The first-order chi connectivity index (χ1) is 15.5. The van der Waals surface area contributed by atoms with Gasteiger partial charge in [0.2, 0.25) is 0 Å². The zero-order valence-corrected chi connectivity index (χ0v) is 18.8. The third-order valence-corrected chi connectivity index (χ3v) is 5.94. The highest BCUT2D eigenvalue weighted by Crippen LogP contribution is 2.30. The van der Waals surface area contributed by atoms with Crippen LogP contribution in [0.5, 0.6) is 5.75 Å². The topological polar surface area (TPSA) is 70.7 Å². The maximum Gasteiger partial charge on any atom is 0.282 e. The summed E-state index contributed by atoms with van der Waals surface area (Å²) >= 11 is 0. The summed E-state index contributed by atoms with van der Waals surface area (Å²) in [5.41, 5.74) is 5.49. The number of rotatable bonds is 8. The molecule has 0 saturated carbocycles. The molecule has 32 heavy (non-hydrogen) atoms. The highest BCUT2D eigenvalue weighted by molar-refractivity contribution is 5.93. The van der Waals surface area contributed by atoms with Crippen LogP contribution in [0.3, 0.4) is 0 Å². The highest BCUT2D eigenvalue weighted by Gasteiger charge is 2.23. The van der Waals surface area contributed by atoms with Crippen LogP contribution in [0.15, 0.2) is 79.0 Å². The highest BCUT2D eigenvalue weighted by atomic mass is 16.5. The molecular weight excluding hydrogens is 398 g/mol. The van der Waals surface area contributed by atoms with Crippen molar-refractivity contribution in [1.29, 1.82) is 0 Å². The molecule has 0 unspecified atom stereocenters. The van der Waals surface area contributed by atoms with Crippen molar-refractivity contribution in [2.75, 3.05) is 19.0 Å². The molecule has 4 aromatic rings. The second kappa shape index (κ2) is 9.71. The molecular formula is C27H30N3O2+. The quantitative estimate of drug-likeness (QED) is 0.393. The number of hydrogen-bond acceptors (Lipinski definition) is 2. The number of fused-ring (bicyclic) bond motifs is 1. The molecule has 0 radical (unpaired) electrons. The summed E-state index contributed by atoms with van der Waals surface area (Å²) < 4.78 is 5.34. The molecule has 164 valence electrons. The van der Waals surface area contributed by atoms with Gasteiger partial charge < -0.3 is 20.4 Å². The third kappa shape index (κ3) is 4.84. The molecule has 3 aromatic carbocycles. The van der Waals surface area contributed by atoms with Crippen LogP contribution in [0.1, 0.15) is 29.5 Å². The number of benzene rings is 3. The van der Waals surface area contributed by atoms with E-state index in [0.717, 1.165) is 29.1 Å². The van der Waals surface area contributed by atoms with E-state index in [-0.39, 0.29) is 17.9 Å². The summed E-state index contributed by atoms with van der Waals surface area (Å²) in [6.45, 7) is 4.72. The first-order valence-electron chi connectivity index (χ1n) is 11.0. The number of methoxy groups -OCH3 is 1. The number of aryl methyl sites for hydroxylation is 1. The predicted octanol–water partition coefficient (Wildman–Crippen LogP) is 4.21. The lowest BCUT2D eigenvalue weighted by atomic mass is 9.90. The van der Waals surface area contributed by atoms with Crippen LogP contribution in [-0.4, -0.2) is 30.6 Å². The zero-order chi connectivity index (χ0) is 22.5. The summed E-state index contributed by atoms with van der Waals surface area (Å²) in [5.74, 6) is 0.968. The van der Waals surface area contributed by atoms with Gasteiger partial charge >= 0.3 is 0 Å². The van der Waals surface area contributed by atoms with Crippen molar-refractivity contribution >= 4 is 22.5 Å². The smallest absolute Gasteiger partial charge is 0.282 e. The van der Waals surface area contributed by atoms with Gasteiger partial charge in [0, 0.05) is 22.8 Å². The summed E-state index contributed by atoms with van der Waals surface area (Å²) in [7, 11) is 1.68. The molecule has 0 bridgehead atoms. The molecule has 0 fully saturated rings. The number of hydrogen-bond donors (Lipinski definition) is 3. The van der Waals surface area contributed by atoms with E-state index in [1.165, 1.54) is 16.5 Å². The number of nitrogens with two attached hydrogens (primary N) is 1. The number of amides is 1. The summed E-state index contributed by atoms with van der Waals surface area (Å²) in [6, 6.07) is 24.2. The van der Waals surface area contributed by atoms with Crippen LogP contribution in [-0.2, 0) is 4.79 Å². The van der Waals surface area contributed by atoms with Gasteiger partial charge in [-0.25, -0.2) is 0 Å². The number of anilines is 1. The molecule has 5 heteroatoms. The van der Waals surface area contributed by atoms with Gasteiger partial charge in [-0.1, -0.05) is 42.5 Å². The van der Waals surface area contributed by atoms with Crippen molar-refractivity contribution in [3.8, 4) is 5.75 Å². The van der Waals surface area contributed by atoms with Crippen LogP contribution in [0.4, 0.5) is 5.69 Å². The minimum Gasteiger partial charge on any atom is -0.497 e. The van der Waals surface area contributed by atoms with Crippen molar-refractivity contribution in [2.45, 2.75) is 25.8 Å². The fourth-order valence-corrected chi connectivity index (χ4v) is 4.09. The maximum atomic E-state index is 12.8. The molecule has 0 aliphatic heterocycles. The van der Waals surface area contributed by atoms with Gasteiger partial charge in [0.05, 0.1) is 19.6 Å². The van der Waals surface area contributed by atoms with Crippen molar-refractivity contribution in [1.82, 2.24) is 4.98 Å². The van der Waals surface area contributed by atoms with E-state index in [1.807, 2.05) is 56.3 Å². The molecule has 1 heterocycles. The third-order valence-electron chi connectivity index (χ3n) is 5.94. The lowest BCUT2D eigenvalue weighted by molar-refractivity contribution is -0.674. The van der Waals surface area contributed by atoms with Gasteiger partial charge in [-0.2, -0.15) is 0 Å². The molecule has 4 N–H and O–H groups in total. The van der Waals surface area contributed by atoms with Crippen LogP contribution < -0.4 is 15.4 Å². The average Bonchev–Trinajstić information content (AvgIpc) is 3.23. The van der Waals surface area contributed by atoms with Gasteiger partial charge in [-0.05, 0) is 60.9 Å². The normalized spacial score (nSPS) is 13.0. The average molecular weight is 429 g/mol. The van der Waals surface area contributed by atoms with E-state index >= 15 is 0 Å². The summed E-state index contributed by atoms with van der Waals surface area (Å²) in [6.07, 6.45) is 2.09. The molecule has 0 aliphatic rings. The van der Waals surface area contributed by atoms with Gasteiger partial charge in [0.25, 0.3) is 5.91 Å². The Morgan fingerprint density at radius 3 is 2.59 bits per heavy atom. The van der Waals surface area contributed by atoms with E-state index in [4.69, 9.17) is 4.74 Å².